The molecule has 0 radical (unpaired) electrons. The highest BCUT2D eigenvalue weighted by Crippen LogP contribution is 2.32. The molecule has 0 atom stereocenters. The number of hydrogen-bond donors (Lipinski definition) is 1. The van der Waals surface area contributed by atoms with Gasteiger partial charge in [0.15, 0.2) is 0 Å². The summed E-state index contributed by atoms with van der Waals surface area (Å²) in [6.45, 7) is 7.33. The third kappa shape index (κ3) is 3.78. The van der Waals surface area contributed by atoms with Crippen LogP contribution in [0.1, 0.15) is 38.3 Å². The summed E-state index contributed by atoms with van der Waals surface area (Å²) in [5.41, 5.74) is 7.69. The van der Waals surface area contributed by atoms with Crippen LogP contribution in [-0.2, 0) is 10.2 Å². The molecule has 1 saturated heterocycles. The Hall–Kier alpha value is -1.59. The fourth-order valence-corrected chi connectivity index (χ4v) is 3.04. The highest BCUT2D eigenvalue weighted by Gasteiger charge is 2.34. The molecule has 1 aliphatic rings. The molecule has 1 aromatic rings. The maximum Gasteiger partial charge on any atom is 0.293 e. The van der Waals surface area contributed by atoms with Gasteiger partial charge >= 0.3 is 0 Å². The summed E-state index contributed by atoms with van der Waals surface area (Å²) in [4.78, 5) is 25.8. The van der Waals surface area contributed by atoms with Crippen molar-refractivity contribution in [2.24, 2.45) is 5.73 Å². The van der Waals surface area contributed by atoms with Gasteiger partial charge in [0.2, 0.25) is 0 Å². The lowest BCUT2D eigenvalue weighted by molar-refractivity contribution is -0.122. The van der Waals surface area contributed by atoms with E-state index in [-0.39, 0.29) is 16.6 Å². The average Bonchev–Trinajstić information content (AvgIpc) is 2.71. The molecule has 2 N–H and O–H groups in total. The van der Waals surface area contributed by atoms with Crippen LogP contribution in [0.2, 0.25) is 0 Å². The van der Waals surface area contributed by atoms with Crippen LogP contribution in [0.5, 0.6) is 0 Å². The number of hydrogen-bond acceptors (Lipinski definition) is 4. The number of rotatable bonds is 4. The number of carbonyl (C=O) groups excluding carboxylic acids is 2. The molecule has 1 fully saturated rings. The maximum atomic E-state index is 12.2. The van der Waals surface area contributed by atoms with Crippen LogP contribution in [0, 0.1) is 0 Å². The molecule has 0 aliphatic carbocycles. The molecule has 1 aromatic carbocycles. The summed E-state index contributed by atoms with van der Waals surface area (Å²) in [6, 6.07) is 8.08. The van der Waals surface area contributed by atoms with E-state index in [4.69, 9.17) is 5.73 Å². The molecule has 22 heavy (non-hydrogen) atoms. The van der Waals surface area contributed by atoms with Crippen molar-refractivity contribution in [3.8, 4) is 0 Å². The Morgan fingerprint density at radius 3 is 2.36 bits per heavy atom. The lowest BCUT2D eigenvalue weighted by atomic mass is 9.87. The summed E-state index contributed by atoms with van der Waals surface area (Å²) in [7, 11) is 0. The predicted molar refractivity (Wildman–Crippen MR) is 91.5 cm³/mol. The molecule has 2 amide bonds. The second-order valence-corrected chi connectivity index (χ2v) is 7.34. The molecule has 118 valence electrons. The summed E-state index contributed by atoms with van der Waals surface area (Å²) >= 11 is 0.995. The van der Waals surface area contributed by atoms with Crippen molar-refractivity contribution in [2.45, 2.75) is 32.6 Å². The van der Waals surface area contributed by atoms with Crippen molar-refractivity contribution < 1.29 is 9.59 Å². The average molecular weight is 318 g/mol. The van der Waals surface area contributed by atoms with Crippen molar-refractivity contribution in [3.63, 3.8) is 0 Å². The van der Waals surface area contributed by atoms with Gasteiger partial charge in [-0.1, -0.05) is 45.0 Å². The molecule has 0 aromatic heterocycles. The SMILES string of the molecule is CC(C)(C)c1ccc(/C=C2\SC(=O)N(CCCN)C2=O)cc1. The van der Waals surface area contributed by atoms with Gasteiger partial charge in [0.25, 0.3) is 11.1 Å². The van der Waals surface area contributed by atoms with Gasteiger partial charge in [0, 0.05) is 6.54 Å². The topological polar surface area (TPSA) is 63.4 Å². The first kappa shape index (κ1) is 16.8. The summed E-state index contributed by atoms with van der Waals surface area (Å²) in [5, 5.41) is -0.212. The molecule has 1 aliphatic heterocycles. The zero-order valence-corrected chi connectivity index (χ0v) is 14.1. The van der Waals surface area contributed by atoms with Gasteiger partial charge in [-0.25, -0.2) is 0 Å². The second kappa shape index (κ2) is 6.67. The van der Waals surface area contributed by atoms with E-state index in [0.29, 0.717) is 24.4 Å². The van der Waals surface area contributed by atoms with Crippen molar-refractivity contribution in [1.29, 1.82) is 0 Å². The van der Waals surface area contributed by atoms with E-state index in [2.05, 4.69) is 32.9 Å². The molecule has 0 bridgehead atoms. The minimum atomic E-state index is -0.219. The molecule has 0 saturated carbocycles. The van der Waals surface area contributed by atoms with E-state index in [1.54, 1.807) is 6.08 Å². The predicted octanol–water partition coefficient (Wildman–Crippen LogP) is 3.37. The van der Waals surface area contributed by atoms with Gasteiger partial charge in [-0.05, 0) is 47.3 Å². The molecular formula is C17H22N2O2S. The van der Waals surface area contributed by atoms with Crippen molar-refractivity contribution in [1.82, 2.24) is 4.90 Å². The van der Waals surface area contributed by atoms with Gasteiger partial charge in [0.1, 0.15) is 0 Å². The minimum absolute atomic E-state index is 0.0958. The number of imide groups is 1. The Labute approximate surface area is 135 Å². The Balaban J connectivity index is 2.16. The lowest BCUT2D eigenvalue weighted by Crippen LogP contribution is -2.30. The summed E-state index contributed by atoms with van der Waals surface area (Å²) in [6.07, 6.45) is 2.41. The first-order chi connectivity index (χ1) is 10.3. The number of nitrogens with zero attached hydrogens (tertiary/aromatic N) is 1. The van der Waals surface area contributed by atoms with Gasteiger partial charge in [0.05, 0.1) is 4.91 Å². The zero-order valence-electron chi connectivity index (χ0n) is 13.3. The van der Waals surface area contributed by atoms with E-state index in [0.717, 1.165) is 17.3 Å². The second-order valence-electron chi connectivity index (χ2n) is 6.35. The minimum Gasteiger partial charge on any atom is -0.330 e. The number of nitrogens with two attached hydrogens (primary N) is 1. The smallest absolute Gasteiger partial charge is 0.293 e. The zero-order chi connectivity index (χ0) is 16.3. The summed E-state index contributed by atoms with van der Waals surface area (Å²) < 4.78 is 0. The van der Waals surface area contributed by atoms with Crippen molar-refractivity contribution >= 4 is 29.0 Å². The number of benzene rings is 1. The largest absolute Gasteiger partial charge is 0.330 e. The molecule has 0 spiro atoms. The molecule has 0 unspecified atom stereocenters. The van der Waals surface area contributed by atoms with Crippen LogP contribution in [0.25, 0.3) is 6.08 Å². The lowest BCUT2D eigenvalue weighted by Gasteiger charge is -2.18. The fourth-order valence-electron chi connectivity index (χ4n) is 2.17. The Morgan fingerprint density at radius 1 is 1.18 bits per heavy atom. The van der Waals surface area contributed by atoms with Crippen molar-refractivity contribution in [2.75, 3.05) is 13.1 Å². The van der Waals surface area contributed by atoms with Crippen LogP contribution in [0.15, 0.2) is 29.2 Å². The van der Waals surface area contributed by atoms with Gasteiger partial charge < -0.3 is 5.73 Å². The quantitative estimate of drug-likeness (QED) is 0.865. The fraction of sp³-hybridized carbons (Fsp3) is 0.412. The van der Waals surface area contributed by atoms with Crippen molar-refractivity contribution in [3.05, 3.63) is 40.3 Å². The van der Waals surface area contributed by atoms with Crippen LogP contribution >= 0.6 is 11.8 Å². The van der Waals surface area contributed by atoms with Crippen LogP contribution in [-0.4, -0.2) is 29.1 Å². The van der Waals surface area contributed by atoms with E-state index in [1.165, 1.54) is 10.5 Å². The Bertz CT molecular complexity index is 600. The molecule has 2 rings (SSSR count). The van der Waals surface area contributed by atoms with E-state index < -0.39 is 0 Å². The van der Waals surface area contributed by atoms with Crippen LogP contribution in [0.3, 0.4) is 0 Å². The van der Waals surface area contributed by atoms with Crippen LogP contribution < -0.4 is 5.73 Å². The van der Waals surface area contributed by atoms with Gasteiger partial charge in [-0.15, -0.1) is 0 Å². The third-order valence-electron chi connectivity index (χ3n) is 3.53. The standard InChI is InChI=1S/C17H22N2O2S/c1-17(2,3)13-7-5-12(6-8-13)11-14-15(20)19(10-4-9-18)16(21)22-14/h5-8,11H,4,9-10,18H2,1-3H3/b14-11-. The number of amides is 2. The van der Waals surface area contributed by atoms with E-state index in [1.807, 2.05) is 12.1 Å². The van der Waals surface area contributed by atoms with E-state index >= 15 is 0 Å². The van der Waals surface area contributed by atoms with Gasteiger partial charge in [-0.3, -0.25) is 14.5 Å². The van der Waals surface area contributed by atoms with Gasteiger partial charge in [-0.2, -0.15) is 0 Å². The first-order valence-electron chi connectivity index (χ1n) is 7.39. The van der Waals surface area contributed by atoms with Crippen LogP contribution in [0.4, 0.5) is 4.79 Å². The highest BCUT2D eigenvalue weighted by atomic mass is 32.2. The van der Waals surface area contributed by atoms with E-state index in [9.17, 15) is 9.59 Å². The number of thioether (sulfide) groups is 1. The maximum absolute atomic E-state index is 12.2. The molecule has 5 heteroatoms. The Kier molecular flexibility index (Phi) is 5.08. The molecule has 1 heterocycles. The number of carbonyl (C=O) groups is 2. The monoisotopic (exact) mass is 318 g/mol. The Morgan fingerprint density at radius 2 is 1.82 bits per heavy atom. The first-order valence-corrected chi connectivity index (χ1v) is 8.20. The normalized spacial score (nSPS) is 17.6. The third-order valence-corrected chi connectivity index (χ3v) is 4.44. The summed E-state index contributed by atoms with van der Waals surface area (Å²) in [5.74, 6) is -0.219. The molecule has 4 nitrogen and oxygen atoms in total. The molecular weight excluding hydrogens is 296 g/mol. The highest BCUT2D eigenvalue weighted by molar-refractivity contribution is 8.18.